The van der Waals surface area contributed by atoms with Crippen molar-refractivity contribution in [2.45, 2.75) is 24.6 Å². The Balaban J connectivity index is 2.39. The number of aromatic nitrogens is 2. The van der Waals surface area contributed by atoms with Gasteiger partial charge in [0.1, 0.15) is 18.0 Å². The van der Waals surface area contributed by atoms with Gasteiger partial charge in [0.25, 0.3) is 0 Å². The Hall–Kier alpha value is -0.780. The molecule has 4 atom stereocenters. The number of hydrogen-bond donors (Lipinski definition) is 3. The Kier molecular flexibility index (Phi) is 3.84. The SMILES string of the molecule is Nc1nc(=O)n(C2O[C@H](CO)[C@@H](O)[C@H]2F)cc1I. The van der Waals surface area contributed by atoms with Crippen molar-refractivity contribution in [2.24, 2.45) is 0 Å². The van der Waals surface area contributed by atoms with Crippen LogP contribution < -0.4 is 11.4 Å². The quantitative estimate of drug-likeness (QED) is 0.577. The number of halogens is 2. The molecule has 18 heavy (non-hydrogen) atoms. The van der Waals surface area contributed by atoms with Crippen LogP contribution in [-0.2, 0) is 4.74 Å². The molecule has 9 heteroatoms. The number of hydrogen-bond acceptors (Lipinski definition) is 6. The standard InChI is InChI=1S/C9H11FIN3O4/c10-5-6(16)4(2-15)18-8(5)14-1-3(11)7(12)13-9(14)17/h1,4-6,8,15-16H,2H2,(H2,12,13,17)/t4-,5-,6-,8?/m1/s1. The fourth-order valence-corrected chi connectivity index (χ4v) is 2.14. The highest BCUT2D eigenvalue weighted by Gasteiger charge is 2.45. The van der Waals surface area contributed by atoms with E-state index in [1.165, 1.54) is 6.20 Å². The molecule has 0 bridgehead atoms. The first-order valence-electron chi connectivity index (χ1n) is 5.08. The molecule has 2 rings (SSSR count). The summed E-state index contributed by atoms with van der Waals surface area (Å²) in [5.74, 6) is 0.0458. The molecule has 0 saturated carbocycles. The maximum atomic E-state index is 13.8. The lowest BCUT2D eigenvalue weighted by Crippen LogP contribution is -2.34. The van der Waals surface area contributed by atoms with Gasteiger partial charge in [-0.1, -0.05) is 0 Å². The monoisotopic (exact) mass is 371 g/mol. The number of nitrogens with two attached hydrogens (primary N) is 1. The van der Waals surface area contributed by atoms with Crippen LogP contribution in [0.25, 0.3) is 0 Å². The molecule has 0 amide bonds. The average Bonchev–Trinajstić information content (AvgIpc) is 2.61. The molecule has 0 aromatic carbocycles. The van der Waals surface area contributed by atoms with Gasteiger partial charge < -0.3 is 20.7 Å². The van der Waals surface area contributed by atoms with E-state index in [-0.39, 0.29) is 5.82 Å². The zero-order valence-electron chi connectivity index (χ0n) is 9.03. The molecule has 1 aromatic heterocycles. The Morgan fingerprint density at radius 1 is 1.67 bits per heavy atom. The van der Waals surface area contributed by atoms with Crippen molar-refractivity contribution < 1.29 is 19.3 Å². The third-order valence-electron chi connectivity index (χ3n) is 2.68. The molecule has 0 aliphatic carbocycles. The molecule has 1 aromatic rings. The predicted molar refractivity (Wildman–Crippen MR) is 67.5 cm³/mol. The number of aliphatic hydroxyl groups is 2. The molecular formula is C9H11FIN3O4. The molecule has 7 nitrogen and oxygen atoms in total. The molecule has 1 aliphatic heterocycles. The van der Waals surface area contributed by atoms with Gasteiger partial charge in [-0.25, -0.2) is 9.18 Å². The van der Waals surface area contributed by atoms with Gasteiger partial charge in [0.2, 0.25) is 0 Å². The maximum Gasteiger partial charge on any atom is 0.351 e. The second-order valence-corrected chi connectivity index (χ2v) is 5.01. The zero-order valence-corrected chi connectivity index (χ0v) is 11.2. The van der Waals surface area contributed by atoms with Crippen LogP contribution >= 0.6 is 22.6 Å². The van der Waals surface area contributed by atoms with Crippen LogP contribution in [0.3, 0.4) is 0 Å². The van der Waals surface area contributed by atoms with Crippen molar-refractivity contribution in [2.75, 3.05) is 12.3 Å². The molecule has 0 radical (unpaired) electrons. The van der Waals surface area contributed by atoms with Crippen molar-refractivity contribution in [3.05, 3.63) is 20.3 Å². The molecule has 1 fully saturated rings. The first-order valence-corrected chi connectivity index (χ1v) is 6.16. The molecule has 2 heterocycles. The minimum Gasteiger partial charge on any atom is -0.394 e. The summed E-state index contributed by atoms with van der Waals surface area (Å²) in [6.45, 7) is -0.535. The number of aliphatic hydroxyl groups excluding tert-OH is 2. The minimum atomic E-state index is -1.82. The fraction of sp³-hybridized carbons (Fsp3) is 0.556. The number of nitrogen functional groups attached to an aromatic ring is 1. The minimum absolute atomic E-state index is 0.0458. The van der Waals surface area contributed by atoms with Crippen LogP contribution in [0.15, 0.2) is 11.0 Å². The van der Waals surface area contributed by atoms with Gasteiger partial charge >= 0.3 is 5.69 Å². The van der Waals surface area contributed by atoms with E-state index in [9.17, 15) is 14.3 Å². The van der Waals surface area contributed by atoms with E-state index in [0.717, 1.165) is 4.57 Å². The molecule has 1 saturated heterocycles. The molecule has 1 aliphatic rings. The third-order valence-corrected chi connectivity index (χ3v) is 3.51. The van der Waals surface area contributed by atoms with Crippen LogP contribution in [0.1, 0.15) is 6.23 Å². The van der Waals surface area contributed by atoms with Gasteiger partial charge in [-0.15, -0.1) is 0 Å². The fourth-order valence-electron chi connectivity index (χ4n) is 1.72. The van der Waals surface area contributed by atoms with E-state index in [0.29, 0.717) is 3.57 Å². The molecule has 4 N–H and O–H groups in total. The molecular weight excluding hydrogens is 360 g/mol. The number of alkyl halides is 1. The summed E-state index contributed by atoms with van der Waals surface area (Å²) in [4.78, 5) is 15.1. The topological polar surface area (TPSA) is 111 Å². The van der Waals surface area contributed by atoms with Gasteiger partial charge in [-0.05, 0) is 22.6 Å². The van der Waals surface area contributed by atoms with Crippen LogP contribution in [0.2, 0.25) is 0 Å². The van der Waals surface area contributed by atoms with Gasteiger partial charge in [0, 0.05) is 6.20 Å². The van der Waals surface area contributed by atoms with Crippen LogP contribution in [0, 0.1) is 3.57 Å². The second kappa shape index (κ2) is 5.07. The zero-order chi connectivity index (χ0) is 13.4. The van der Waals surface area contributed by atoms with Crippen LogP contribution in [-0.4, -0.2) is 44.8 Å². The maximum absolute atomic E-state index is 13.8. The van der Waals surface area contributed by atoms with Crippen molar-refractivity contribution in [3.63, 3.8) is 0 Å². The summed E-state index contributed by atoms with van der Waals surface area (Å²) in [5.41, 5.74) is 4.68. The van der Waals surface area contributed by atoms with Crippen LogP contribution in [0.4, 0.5) is 10.2 Å². The lowest BCUT2D eigenvalue weighted by atomic mass is 10.1. The average molecular weight is 371 g/mol. The summed E-state index contributed by atoms with van der Waals surface area (Å²) < 4.78 is 20.3. The highest BCUT2D eigenvalue weighted by molar-refractivity contribution is 14.1. The number of nitrogens with zero attached hydrogens (tertiary/aromatic N) is 2. The first kappa shape index (κ1) is 13.6. The smallest absolute Gasteiger partial charge is 0.351 e. The molecule has 1 unspecified atom stereocenters. The summed E-state index contributed by atoms with van der Waals surface area (Å²) in [6.07, 6.45) is -4.38. The van der Waals surface area contributed by atoms with Crippen molar-refractivity contribution in [1.29, 1.82) is 0 Å². The van der Waals surface area contributed by atoms with E-state index in [1.54, 1.807) is 0 Å². The van der Waals surface area contributed by atoms with E-state index >= 15 is 0 Å². The Bertz CT molecular complexity index is 511. The lowest BCUT2D eigenvalue weighted by molar-refractivity contribution is -0.0491. The number of anilines is 1. The van der Waals surface area contributed by atoms with E-state index in [2.05, 4.69) is 4.98 Å². The van der Waals surface area contributed by atoms with Crippen LogP contribution in [0.5, 0.6) is 0 Å². The predicted octanol–water partition coefficient (Wildman–Crippen LogP) is -0.981. The van der Waals surface area contributed by atoms with Crippen molar-refractivity contribution in [1.82, 2.24) is 9.55 Å². The molecule has 0 spiro atoms. The van der Waals surface area contributed by atoms with E-state index in [1.807, 2.05) is 22.6 Å². The van der Waals surface area contributed by atoms with E-state index in [4.69, 9.17) is 15.6 Å². The number of rotatable bonds is 2. The Morgan fingerprint density at radius 2 is 2.33 bits per heavy atom. The van der Waals surface area contributed by atoms with E-state index < -0.39 is 36.9 Å². The summed E-state index contributed by atoms with van der Waals surface area (Å²) in [6, 6.07) is 0. The highest BCUT2D eigenvalue weighted by Crippen LogP contribution is 2.31. The lowest BCUT2D eigenvalue weighted by Gasteiger charge is -2.16. The van der Waals surface area contributed by atoms with Gasteiger partial charge in [-0.3, -0.25) is 4.57 Å². The second-order valence-electron chi connectivity index (χ2n) is 3.85. The third kappa shape index (κ3) is 2.22. The largest absolute Gasteiger partial charge is 0.394 e. The summed E-state index contributed by atoms with van der Waals surface area (Å²) in [5, 5.41) is 18.4. The van der Waals surface area contributed by atoms with Crippen molar-refractivity contribution >= 4 is 28.4 Å². The number of ether oxygens (including phenoxy) is 1. The highest BCUT2D eigenvalue weighted by atomic mass is 127. The Labute approximate surface area is 115 Å². The Morgan fingerprint density at radius 3 is 2.89 bits per heavy atom. The summed E-state index contributed by atoms with van der Waals surface area (Å²) >= 11 is 1.84. The first-order chi connectivity index (χ1) is 8.45. The van der Waals surface area contributed by atoms with Gasteiger partial charge in [0.15, 0.2) is 12.4 Å². The summed E-state index contributed by atoms with van der Waals surface area (Å²) in [7, 11) is 0. The molecule has 100 valence electrons. The van der Waals surface area contributed by atoms with Gasteiger partial charge in [0.05, 0.1) is 10.2 Å². The van der Waals surface area contributed by atoms with Gasteiger partial charge in [-0.2, -0.15) is 4.98 Å². The normalized spacial score (nSPS) is 31.8. The van der Waals surface area contributed by atoms with Crippen molar-refractivity contribution in [3.8, 4) is 0 Å².